The van der Waals surface area contributed by atoms with Crippen molar-refractivity contribution in [2.75, 3.05) is 5.73 Å². The third-order valence-electron chi connectivity index (χ3n) is 1.58. The minimum atomic E-state index is -1.59. The number of fused-ring (bicyclic) bond motifs is 1. The fourth-order valence-electron chi connectivity index (χ4n) is 1.04. The molecule has 2 heterocycles. The van der Waals surface area contributed by atoms with E-state index in [0.717, 1.165) is 0 Å². The summed E-state index contributed by atoms with van der Waals surface area (Å²) in [7, 11) is 5.86. The fourth-order valence-corrected chi connectivity index (χ4v) is 5.46. The van der Waals surface area contributed by atoms with Crippen LogP contribution in [0, 0.1) is 0 Å². The van der Waals surface area contributed by atoms with Crippen LogP contribution in [0.5, 0.6) is 0 Å². The molecule has 0 spiro atoms. The van der Waals surface area contributed by atoms with Crippen molar-refractivity contribution in [3.63, 3.8) is 0 Å². The van der Waals surface area contributed by atoms with Gasteiger partial charge in [-0.2, -0.15) is 0 Å². The summed E-state index contributed by atoms with van der Waals surface area (Å²) < 4.78 is 1.86. The van der Waals surface area contributed by atoms with Crippen molar-refractivity contribution in [1.29, 1.82) is 0 Å². The number of halogens is 2. The summed E-state index contributed by atoms with van der Waals surface area (Å²) in [5.74, 6) is 0.133. The topological polar surface area (TPSA) is 69.6 Å². The predicted molar refractivity (Wildman–Crippen MR) is 46.0 cm³/mol. The second-order valence-electron chi connectivity index (χ2n) is 2.38. The molecular formula is C5H3Cl2HgN5. The molecule has 0 bridgehead atoms. The van der Waals surface area contributed by atoms with Crippen molar-refractivity contribution >= 4 is 37.0 Å². The van der Waals surface area contributed by atoms with Gasteiger partial charge in [0.2, 0.25) is 0 Å². The molecule has 0 saturated carbocycles. The molecule has 2 N–H and O–H groups in total. The van der Waals surface area contributed by atoms with Crippen molar-refractivity contribution < 1.29 is 23.6 Å². The Morgan fingerprint density at radius 2 is 2.23 bits per heavy atom. The van der Waals surface area contributed by atoms with Gasteiger partial charge in [-0.1, -0.05) is 0 Å². The Hall–Kier alpha value is -0.135. The molecule has 0 aliphatic rings. The molecule has 0 aromatic carbocycles. The summed E-state index contributed by atoms with van der Waals surface area (Å²) >= 11 is 4.28. The van der Waals surface area contributed by atoms with Crippen LogP contribution in [0.25, 0.3) is 11.2 Å². The number of nitrogens with zero attached hydrogens (tertiary/aromatic N) is 4. The molecule has 0 radical (unpaired) electrons. The van der Waals surface area contributed by atoms with Gasteiger partial charge in [-0.25, -0.2) is 0 Å². The summed E-state index contributed by atoms with van der Waals surface area (Å²) in [6, 6.07) is 0. The number of nitrogen functional groups attached to an aromatic ring is 1. The summed E-state index contributed by atoms with van der Waals surface area (Å²) in [5, 5.41) is 0.320. The van der Waals surface area contributed by atoms with Crippen molar-refractivity contribution in [3.05, 3.63) is 11.5 Å². The van der Waals surface area contributed by atoms with Crippen LogP contribution in [0.4, 0.5) is 5.95 Å². The minimum absolute atomic E-state index is 0.133. The molecule has 64 valence electrons. The quantitative estimate of drug-likeness (QED) is 0.570. The van der Waals surface area contributed by atoms with E-state index in [-0.39, 0.29) is 5.95 Å². The molecule has 0 aliphatic carbocycles. The van der Waals surface area contributed by atoms with E-state index in [1.807, 2.05) is 2.33 Å². The maximum absolute atomic E-state index is 5.87. The number of hydrogen-bond donors (Lipinski definition) is 1. The van der Waals surface area contributed by atoms with E-state index in [2.05, 4.69) is 15.0 Å². The summed E-state index contributed by atoms with van der Waals surface area (Å²) in [6.45, 7) is 0. The molecule has 2 aromatic heterocycles. The molecule has 0 amide bonds. The average molecular weight is 405 g/mol. The van der Waals surface area contributed by atoms with Crippen LogP contribution in [0.3, 0.4) is 0 Å². The van der Waals surface area contributed by atoms with E-state index >= 15 is 0 Å². The van der Waals surface area contributed by atoms with Crippen LogP contribution >= 0.6 is 19.9 Å². The Morgan fingerprint density at radius 1 is 1.46 bits per heavy atom. The first-order chi connectivity index (χ1) is 6.22. The number of anilines is 1. The molecule has 5 nitrogen and oxygen atoms in total. The Labute approximate surface area is 94.6 Å². The molecule has 13 heavy (non-hydrogen) atoms. The van der Waals surface area contributed by atoms with Gasteiger partial charge in [-0.15, -0.1) is 0 Å². The Balaban J connectivity index is 2.82. The molecule has 0 fully saturated rings. The molecule has 2 aromatic rings. The zero-order chi connectivity index (χ0) is 9.42. The number of aromatic nitrogens is 4. The third-order valence-corrected chi connectivity index (χ3v) is 6.96. The van der Waals surface area contributed by atoms with Crippen molar-refractivity contribution in [3.8, 4) is 0 Å². The van der Waals surface area contributed by atoms with Crippen LogP contribution in [-0.2, 0) is 23.6 Å². The Kier molecular flexibility index (Phi) is 2.57. The molecule has 0 unspecified atom stereocenters. The first kappa shape index (κ1) is 9.42. The second kappa shape index (κ2) is 3.55. The van der Waals surface area contributed by atoms with Crippen LogP contribution in [-0.4, -0.2) is 17.3 Å². The van der Waals surface area contributed by atoms with E-state index in [0.29, 0.717) is 16.3 Å². The number of nitrogens with two attached hydrogens (primary N) is 1. The van der Waals surface area contributed by atoms with Gasteiger partial charge in [0.25, 0.3) is 0 Å². The Bertz CT molecular complexity index is 455. The molecule has 0 aliphatic heterocycles. The van der Waals surface area contributed by atoms with Gasteiger partial charge in [0.15, 0.2) is 0 Å². The van der Waals surface area contributed by atoms with Crippen molar-refractivity contribution in [2.24, 2.45) is 0 Å². The maximum atomic E-state index is 5.87. The van der Waals surface area contributed by atoms with E-state index in [1.54, 1.807) is 6.33 Å². The zero-order valence-electron chi connectivity index (χ0n) is 6.41. The van der Waals surface area contributed by atoms with Crippen LogP contribution in [0.15, 0.2) is 6.33 Å². The van der Waals surface area contributed by atoms with Gasteiger partial charge >= 0.3 is 95.1 Å². The van der Waals surface area contributed by atoms with Crippen LogP contribution < -0.4 is 5.73 Å². The first-order valence-corrected chi connectivity index (χ1v) is 13.0. The van der Waals surface area contributed by atoms with Gasteiger partial charge in [-0.05, 0) is 0 Å². The second-order valence-corrected chi connectivity index (χ2v) is 8.41. The van der Waals surface area contributed by atoms with Crippen LogP contribution in [0.1, 0.15) is 0 Å². The van der Waals surface area contributed by atoms with Crippen LogP contribution in [0.2, 0.25) is 5.15 Å². The average Bonchev–Trinajstić information content (AvgIpc) is 2.47. The van der Waals surface area contributed by atoms with Crippen molar-refractivity contribution in [2.45, 2.75) is 0 Å². The monoisotopic (exact) mass is 405 g/mol. The third kappa shape index (κ3) is 1.60. The number of rotatable bonds is 1. The van der Waals surface area contributed by atoms with Gasteiger partial charge < -0.3 is 0 Å². The van der Waals surface area contributed by atoms with Gasteiger partial charge in [0.05, 0.1) is 0 Å². The summed E-state index contributed by atoms with van der Waals surface area (Å²) in [6.07, 6.45) is 1.64. The van der Waals surface area contributed by atoms with E-state index in [4.69, 9.17) is 25.6 Å². The van der Waals surface area contributed by atoms with Gasteiger partial charge in [0.1, 0.15) is 0 Å². The number of hydrogen-bond acceptors (Lipinski definition) is 4. The van der Waals surface area contributed by atoms with E-state index < -0.39 is 23.6 Å². The molecule has 8 heteroatoms. The van der Waals surface area contributed by atoms with Crippen molar-refractivity contribution in [1.82, 2.24) is 17.3 Å². The molecule has 0 atom stereocenters. The SMILES string of the molecule is Nc1nc(Cl)c2c(nc[n]2[Hg][Cl])n1. The first-order valence-electron chi connectivity index (χ1n) is 3.42. The van der Waals surface area contributed by atoms with E-state index in [9.17, 15) is 0 Å². The summed E-state index contributed by atoms with van der Waals surface area (Å²) in [5.41, 5.74) is 6.62. The standard InChI is InChI=1S/C5H3ClN5.ClH.Hg/c6-3-2-4(9-1-8-2)11-5(7)10-3;;/h1H,(H2-,7,8,9,10,11);1H;/q-1;;+2/p-1. The zero-order valence-corrected chi connectivity index (χ0v) is 13.4. The number of imidazole rings is 1. The molecular weight excluding hydrogens is 402 g/mol. The predicted octanol–water partition coefficient (Wildman–Crippen LogP) is 1.06. The Morgan fingerprint density at radius 3 is 2.92 bits per heavy atom. The normalized spacial score (nSPS) is 10.3. The molecule has 0 saturated heterocycles. The molecule has 2 rings (SSSR count). The summed E-state index contributed by atoms with van der Waals surface area (Å²) in [4.78, 5) is 11.8. The van der Waals surface area contributed by atoms with E-state index in [1.165, 1.54) is 0 Å². The fraction of sp³-hybridized carbons (Fsp3) is 0. The van der Waals surface area contributed by atoms with Gasteiger partial charge in [0, 0.05) is 0 Å². The van der Waals surface area contributed by atoms with Gasteiger partial charge in [-0.3, -0.25) is 0 Å².